The van der Waals surface area contributed by atoms with Crippen molar-refractivity contribution in [3.8, 4) is 0 Å². The van der Waals surface area contributed by atoms with Gasteiger partial charge in [0.15, 0.2) is 13.9 Å². The molecule has 1 aromatic rings. The fourth-order valence-electron chi connectivity index (χ4n) is 2.25. The van der Waals surface area contributed by atoms with Gasteiger partial charge in [-0.15, -0.1) is 0 Å². The molecule has 1 aliphatic rings. The number of nitrogens with one attached hydrogen (secondary N) is 1. The van der Waals surface area contributed by atoms with Crippen molar-refractivity contribution in [1.29, 1.82) is 0 Å². The van der Waals surface area contributed by atoms with Crippen LogP contribution in [0.2, 0.25) is 19.6 Å². The van der Waals surface area contributed by atoms with E-state index in [1.54, 1.807) is 0 Å². The van der Waals surface area contributed by atoms with Gasteiger partial charge in [-0.05, 0) is 32.1 Å². The van der Waals surface area contributed by atoms with E-state index in [4.69, 9.17) is 4.43 Å². The minimum atomic E-state index is -1.74. The number of amides is 1. The summed E-state index contributed by atoms with van der Waals surface area (Å²) < 4.78 is 6.07. The van der Waals surface area contributed by atoms with E-state index >= 15 is 0 Å². The van der Waals surface area contributed by atoms with Crippen LogP contribution in [0.1, 0.15) is 18.5 Å². The van der Waals surface area contributed by atoms with Gasteiger partial charge < -0.3 is 9.74 Å². The van der Waals surface area contributed by atoms with E-state index in [9.17, 15) is 4.79 Å². The van der Waals surface area contributed by atoms with E-state index in [1.165, 1.54) is 0 Å². The summed E-state index contributed by atoms with van der Waals surface area (Å²) >= 11 is 0. The highest BCUT2D eigenvalue weighted by Gasteiger charge is 2.54. The number of carbonyl (C=O) groups excluding carboxylic acids is 1. The second-order valence-corrected chi connectivity index (χ2v) is 10.1. The highest BCUT2D eigenvalue weighted by Crippen LogP contribution is 2.39. The first-order valence-electron chi connectivity index (χ1n) is 5.89. The Bertz CT molecular complexity index is 427. The first-order chi connectivity index (χ1) is 7.83. The maximum absolute atomic E-state index is 11.8. The molecule has 1 fully saturated rings. The van der Waals surface area contributed by atoms with Crippen LogP contribution in [0.4, 0.5) is 0 Å². The van der Waals surface area contributed by atoms with Crippen LogP contribution in [-0.2, 0) is 9.22 Å². The summed E-state index contributed by atoms with van der Waals surface area (Å²) in [7, 11) is -1.74. The third-order valence-electron chi connectivity index (χ3n) is 2.93. The van der Waals surface area contributed by atoms with Crippen molar-refractivity contribution in [3.63, 3.8) is 0 Å². The van der Waals surface area contributed by atoms with Crippen molar-refractivity contribution in [1.82, 2.24) is 5.32 Å². The molecule has 1 heterocycles. The smallest absolute Gasteiger partial charge is 0.253 e. The molecule has 17 heavy (non-hydrogen) atoms. The fourth-order valence-corrected chi connectivity index (χ4v) is 3.74. The molecule has 4 heteroatoms. The zero-order valence-electron chi connectivity index (χ0n) is 10.8. The Labute approximate surface area is 103 Å². The quantitative estimate of drug-likeness (QED) is 0.660. The molecule has 0 aliphatic carbocycles. The largest absolute Gasteiger partial charge is 0.402 e. The number of β-lactam (4-membered cyclic amide) rings is 1. The van der Waals surface area contributed by atoms with Crippen LogP contribution in [-0.4, -0.2) is 19.8 Å². The Kier molecular flexibility index (Phi) is 2.87. The molecule has 1 amide bonds. The van der Waals surface area contributed by atoms with Crippen molar-refractivity contribution in [3.05, 3.63) is 35.9 Å². The van der Waals surface area contributed by atoms with Gasteiger partial charge in [-0.25, -0.2) is 0 Å². The first-order valence-corrected chi connectivity index (χ1v) is 9.30. The van der Waals surface area contributed by atoms with Gasteiger partial charge in [0.1, 0.15) is 0 Å². The third-order valence-corrected chi connectivity index (χ3v) is 3.96. The number of hydrogen-bond donors (Lipinski definition) is 1. The summed E-state index contributed by atoms with van der Waals surface area (Å²) in [6.07, 6.45) is 0. The molecular weight excluding hydrogens is 230 g/mol. The molecule has 1 N–H and O–H groups in total. The summed E-state index contributed by atoms with van der Waals surface area (Å²) in [5, 5.41) is 2.93. The lowest BCUT2D eigenvalue weighted by Crippen LogP contribution is -2.68. The summed E-state index contributed by atoms with van der Waals surface area (Å²) in [5.41, 5.74) is 0.402. The summed E-state index contributed by atoms with van der Waals surface area (Å²) in [6.45, 7) is 8.20. The number of carbonyl (C=O) groups is 1. The highest BCUT2D eigenvalue weighted by atomic mass is 28.4. The van der Waals surface area contributed by atoms with Crippen molar-refractivity contribution in [2.45, 2.75) is 38.2 Å². The van der Waals surface area contributed by atoms with Crippen molar-refractivity contribution in [2.24, 2.45) is 0 Å². The zero-order valence-corrected chi connectivity index (χ0v) is 11.8. The second-order valence-electron chi connectivity index (χ2n) is 5.64. The molecule has 92 valence electrons. The molecule has 2 rings (SSSR count). The van der Waals surface area contributed by atoms with Crippen LogP contribution in [0.5, 0.6) is 0 Å². The Hall–Kier alpha value is -1.13. The molecule has 2 atom stereocenters. The SMILES string of the molecule is C[C@]1(O[Si](C)(C)C)C(=O)N[C@@H]1c1ccccc1. The van der Waals surface area contributed by atoms with Gasteiger partial charge in [0.25, 0.3) is 5.91 Å². The molecule has 0 unspecified atom stereocenters. The van der Waals surface area contributed by atoms with E-state index in [2.05, 4.69) is 25.0 Å². The third kappa shape index (κ3) is 2.28. The van der Waals surface area contributed by atoms with Crippen molar-refractivity contribution >= 4 is 14.2 Å². The lowest BCUT2D eigenvalue weighted by molar-refractivity contribution is -0.155. The Morgan fingerprint density at radius 1 is 1.24 bits per heavy atom. The first kappa shape index (κ1) is 12.3. The van der Waals surface area contributed by atoms with Gasteiger partial charge in [0.05, 0.1) is 6.04 Å². The summed E-state index contributed by atoms with van der Waals surface area (Å²) in [4.78, 5) is 11.8. The van der Waals surface area contributed by atoms with Gasteiger partial charge in [0, 0.05) is 0 Å². The number of benzene rings is 1. The van der Waals surface area contributed by atoms with Gasteiger partial charge in [-0.2, -0.15) is 0 Å². The molecule has 0 aromatic heterocycles. The van der Waals surface area contributed by atoms with Crippen LogP contribution in [0.3, 0.4) is 0 Å². The predicted octanol–water partition coefficient (Wildman–Crippen LogP) is 2.47. The van der Waals surface area contributed by atoms with Crippen molar-refractivity contribution in [2.75, 3.05) is 0 Å². The molecule has 0 bridgehead atoms. The fraction of sp³-hybridized carbons (Fsp3) is 0.462. The van der Waals surface area contributed by atoms with E-state index in [0.29, 0.717) is 0 Å². The monoisotopic (exact) mass is 249 g/mol. The lowest BCUT2D eigenvalue weighted by atomic mass is 9.82. The minimum Gasteiger partial charge on any atom is -0.402 e. The zero-order chi connectivity index (χ0) is 12.7. The molecular formula is C13H19NO2Si. The molecule has 0 spiro atoms. The average Bonchev–Trinajstić information content (AvgIpc) is 2.24. The highest BCUT2D eigenvalue weighted by molar-refractivity contribution is 6.70. The molecule has 0 radical (unpaired) electrons. The lowest BCUT2D eigenvalue weighted by Gasteiger charge is -2.49. The normalized spacial score (nSPS) is 28.5. The molecule has 0 saturated carbocycles. The Morgan fingerprint density at radius 3 is 2.29 bits per heavy atom. The van der Waals surface area contributed by atoms with E-state index in [1.807, 2.05) is 37.3 Å². The van der Waals surface area contributed by atoms with E-state index < -0.39 is 13.9 Å². The molecule has 1 aromatic carbocycles. The number of rotatable bonds is 3. The Balaban J connectivity index is 2.24. The van der Waals surface area contributed by atoms with Gasteiger partial charge >= 0.3 is 0 Å². The van der Waals surface area contributed by atoms with Crippen LogP contribution in [0.15, 0.2) is 30.3 Å². The van der Waals surface area contributed by atoms with Gasteiger partial charge in [-0.3, -0.25) is 4.79 Å². The van der Waals surface area contributed by atoms with Crippen LogP contribution >= 0.6 is 0 Å². The maximum atomic E-state index is 11.8. The molecule has 1 saturated heterocycles. The topological polar surface area (TPSA) is 38.3 Å². The van der Waals surface area contributed by atoms with E-state index in [0.717, 1.165) is 5.56 Å². The molecule has 3 nitrogen and oxygen atoms in total. The Morgan fingerprint density at radius 2 is 1.82 bits per heavy atom. The van der Waals surface area contributed by atoms with Gasteiger partial charge in [0.2, 0.25) is 0 Å². The number of hydrogen-bond acceptors (Lipinski definition) is 2. The predicted molar refractivity (Wildman–Crippen MR) is 70.2 cm³/mol. The minimum absolute atomic E-state index is 0.00576. The van der Waals surface area contributed by atoms with Gasteiger partial charge in [-0.1, -0.05) is 30.3 Å². The molecule has 1 aliphatic heterocycles. The summed E-state index contributed by atoms with van der Waals surface area (Å²) in [6, 6.07) is 9.96. The average molecular weight is 249 g/mol. The van der Waals surface area contributed by atoms with Crippen LogP contribution < -0.4 is 5.32 Å². The standard InChI is InChI=1S/C13H19NO2Si/c1-13(16-17(2,3)4)11(14-12(13)15)10-8-6-5-7-9-10/h5-9,11H,1-4H3,(H,14,15)/t11-,13-/m1/s1. The second kappa shape index (κ2) is 3.96. The maximum Gasteiger partial charge on any atom is 0.253 e. The van der Waals surface area contributed by atoms with E-state index in [-0.39, 0.29) is 11.9 Å². The van der Waals surface area contributed by atoms with Crippen LogP contribution in [0.25, 0.3) is 0 Å². The van der Waals surface area contributed by atoms with Crippen LogP contribution in [0, 0.1) is 0 Å². The summed E-state index contributed by atoms with van der Waals surface area (Å²) in [5.74, 6) is -0.00576. The van der Waals surface area contributed by atoms with Crippen molar-refractivity contribution < 1.29 is 9.22 Å².